The molecule has 0 amide bonds. The molecule has 19 heavy (non-hydrogen) atoms. The summed E-state index contributed by atoms with van der Waals surface area (Å²) in [6, 6.07) is 0. The van der Waals surface area contributed by atoms with Crippen LogP contribution in [0.25, 0.3) is 0 Å². The molecule has 4 nitrogen and oxygen atoms in total. The molecular weight excluding hydrogens is 244 g/mol. The van der Waals surface area contributed by atoms with E-state index in [1.165, 1.54) is 0 Å². The van der Waals surface area contributed by atoms with Crippen molar-refractivity contribution < 1.29 is 19.7 Å². The number of unbranched alkanes of at least 4 members (excludes halogenated alkanes) is 1. The fourth-order valence-corrected chi connectivity index (χ4v) is 2.40. The highest BCUT2D eigenvalue weighted by Crippen LogP contribution is 2.29. The monoisotopic (exact) mass is 270 g/mol. The van der Waals surface area contributed by atoms with Crippen molar-refractivity contribution in [3.63, 3.8) is 0 Å². The zero-order valence-electron chi connectivity index (χ0n) is 11.9. The van der Waals surface area contributed by atoms with E-state index in [1.807, 2.05) is 26.0 Å². The van der Waals surface area contributed by atoms with Crippen LogP contribution in [0.1, 0.15) is 52.4 Å². The van der Waals surface area contributed by atoms with Crippen LogP contribution in [0.5, 0.6) is 0 Å². The fourth-order valence-electron chi connectivity index (χ4n) is 2.40. The summed E-state index contributed by atoms with van der Waals surface area (Å²) in [7, 11) is 0. The predicted molar refractivity (Wildman–Crippen MR) is 73.6 cm³/mol. The number of esters is 1. The minimum atomic E-state index is -0.374. The Labute approximate surface area is 115 Å². The normalized spacial score (nSPS) is 27.3. The summed E-state index contributed by atoms with van der Waals surface area (Å²) in [4.78, 5) is 11.3. The molecular formula is C15H26O4. The summed E-state index contributed by atoms with van der Waals surface area (Å²) in [5.41, 5.74) is 0. The first-order valence-corrected chi connectivity index (χ1v) is 7.19. The molecule has 0 bridgehead atoms. The first kappa shape index (κ1) is 16.2. The fraction of sp³-hybridized carbons (Fsp3) is 0.800. The van der Waals surface area contributed by atoms with Gasteiger partial charge in [-0.3, -0.25) is 4.79 Å². The van der Waals surface area contributed by atoms with E-state index in [0.717, 1.165) is 19.3 Å². The molecule has 0 spiro atoms. The van der Waals surface area contributed by atoms with Crippen LogP contribution in [0, 0.1) is 5.92 Å². The van der Waals surface area contributed by atoms with Crippen LogP contribution < -0.4 is 0 Å². The number of aliphatic hydroxyl groups excluding tert-OH is 2. The van der Waals surface area contributed by atoms with Gasteiger partial charge in [0.25, 0.3) is 0 Å². The zero-order valence-corrected chi connectivity index (χ0v) is 11.9. The highest BCUT2D eigenvalue weighted by atomic mass is 16.5. The number of carbonyl (C=O) groups excluding carboxylic acids is 1. The average Bonchev–Trinajstić information content (AvgIpc) is 2.61. The maximum Gasteiger partial charge on any atom is 0.306 e. The van der Waals surface area contributed by atoms with Crippen LogP contribution >= 0.6 is 0 Å². The molecule has 0 radical (unpaired) electrons. The molecule has 1 rings (SSSR count). The van der Waals surface area contributed by atoms with E-state index >= 15 is 0 Å². The lowest BCUT2D eigenvalue weighted by atomic mass is 10.0. The largest absolute Gasteiger partial charge is 0.463 e. The van der Waals surface area contributed by atoms with E-state index in [0.29, 0.717) is 19.3 Å². The number of ether oxygens (including phenoxy) is 1. The predicted octanol–water partition coefficient (Wildman–Crippen LogP) is 2.19. The summed E-state index contributed by atoms with van der Waals surface area (Å²) in [6.07, 6.45) is 7.39. The number of hydrogen-bond donors (Lipinski definition) is 2. The summed E-state index contributed by atoms with van der Waals surface area (Å²) < 4.78 is 5.04. The highest BCUT2D eigenvalue weighted by molar-refractivity contribution is 5.69. The minimum absolute atomic E-state index is 0.0432. The molecule has 4 heteroatoms. The van der Waals surface area contributed by atoms with Crippen LogP contribution in [-0.2, 0) is 9.53 Å². The van der Waals surface area contributed by atoms with Crippen molar-refractivity contribution in [2.24, 2.45) is 5.92 Å². The van der Waals surface area contributed by atoms with Crippen LogP contribution in [0.3, 0.4) is 0 Å². The first-order valence-electron chi connectivity index (χ1n) is 7.19. The third-order valence-corrected chi connectivity index (χ3v) is 3.36. The van der Waals surface area contributed by atoms with E-state index in [9.17, 15) is 15.0 Å². The number of aliphatic hydroxyl groups is 2. The van der Waals surface area contributed by atoms with E-state index in [-0.39, 0.29) is 30.2 Å². The Morgan fingerprint density at radius 3 is 2.63 bits per heavy atom. The maximum absolute atomic E-state index is 11.3. The van der Waals surface area contributed by atoms with Gasteiger partial charge in [-0.25, -0.2) is 0 Å². The Hall–Kier alpha value is -0.870. The SMILES string of the molecule is CC(C)OC(=O)CCC/C=C\CC1CC(O)CC1O. The molecule has 0 aromatic heterocycles. The van der Waals surface area contributed by atoms with Crippen LogP contribution in [0.15, 0.2) is 12.2 Å². The van der Waals surface area contributed by atoms with E-state index in [4.69, 9.17) is 4.74 Å². The molecule has 110 valence electrons. The molecule has 3 unspecified atom stereocenters. The summed E-state index contributed by atoms with van der Waals surface area (Å²) in [6.45, 7) is 3.69. The van der Waals surface area contributed by atoms with Crippen molar-refractivity contribution in [3.05, 3.63) is 12.2 Å². The van der Waals surface area contributed by atoms with Gasteiger partial charge < -0.3 is 14.9 Å². The van der Waals surface area contributed by atoms with Gasteiger partial charge in [-0.15, -0.1) is 0 Å². The van der Waals surface area contributed by atoms with Gasteiger partial charge in [-0.1, -0.05) is 12.2 Å². The smallest absolute Gasteiger partial charge is 0.306 e. The van der Waals surface area contributed by atoms with Gasteiger partial charge in [0.1, 0.15) is 0 Å². The van der Waals surface area contributed by atoms with Gasteiger partial charge in [0.2, 0.25) is 0 Å². The van der Waals surface area contributed by atoms with Gasteiger partial charge >= 0.3 is 5.97 Å². The first-order chi connectivity index (χ1) is 8.99. The average molecular weight is 270 g/mol. The third-order valence-electron chi connectivity index (χ3n) is 3.36. The maximum atomic E-state index is 11.3. The van der Waals surface area contributed by atoms with E-state index < -0.39 is 0 Å². The lowest BCUT2D eigenvalue weighted by Gasteiger charge is -2.10. The topological polar surface area (TPSA) is 66.8 Å². The summed E-state index contributed by atoms with van der Waals surface area (Å²) in [5.74, 6) is 0.0369. The summed E-state index contributed by atoms with van der Waals surface area (Å²) >= 11 is 0. The van der Waals surface area contributed by atoms with Crippen molar-refractivity contribution in [2.45, 2.75) is 70.7 Å². The van der Waals surface area contributed by atoms with Crippen molar-refractivity contribution in [3.8, 4) is 0 Å². The van der Waals surface area contributed by atoms with E-state index in [1.54, 1.807) is 0 Å². The van der Waals surface area contributed by atoms with Crippen LogP contribution in [0.4, 0.5) is 0 Å². The lowest BCUT2D eigenvalue weighted by molar-refractivity contribution is -0.147. The molecule has 1 fully saturated rings. The van der Waals surface area contributed by atoms with Gasteiger partial charge in [0, 0.05) is 6.42 Å². The Kier molecular flexibility index (Phi) is 7.10. The van der Waals surface area contributed by atoms with Gasteiger partial charge in [-0.05, 0) is 51.9 Å². The van der Waals surface area contributed by atoms with Crippen molar-refractivity contribution in [2.75, 3.05) is 0 Å². The van der Waals surface area contributed by atoms with Gasteiger partial charge in [0.05, 0.1) is 18.3 Å². The lowest BCUT2D eigenvalue weighted by Crippen LogP contribution is -2.11. The Morgan fingerprint density at radius 1 is 1.32 bits per heavy atom. The van der Waals surface area contributed by atoms with Crippen molar-refractivity contribution in [1.82, 2.24) is 0 Å². The molecule has 1 saturated carbocycles. The quantitative estimate of drug-likeness (QED) is 0.423. The Balaban J connectivity index is 2.06. The Morgan fingerprint density at radius 2 is 2.05 bits per heavy atom. The van der Waals surface area contributed by atoms with Crippen LogP contribution in [-0.4, -0.2) is 34.5 Å². The highest BCUT2D eigenvalue weighted by Gasteiger charge is 2.30. The van der Waals surface area contributed by atoms with Crippen molar-refractivity contribution in [1.29, 1.82) is 0 Å². The Bertz CT molecular complexity index is 299. The second-order valence-electron chi connectivity index (χ2n) is 5.59. The molecule has 0 aromatic rings. The second-order valence-corrected chi connectivity index (χ2v) is 5.59. The molecule has 0 heterocycles. The number of carbonyl (C=O) groups is 1. The van der Waals surface area contributed by atoms with Crippen LogP contribution in [0.2, 0.25) is 0 Å². The molecule has 1 aliphatic rings. The zero-order chi connectivity index (χ0) is 14.3. The molecule has 0 aliphatic heterocycles. The number of allylic oxidation sites excluding steroid dienone is 2. The van der Waals surface area contributed by atoms with Crippen molar-refractivity contribution >= 4 is 5.97 Å². The standard InChI is InChI=1S/C15H26O4/c1-11(2)19-15(18)8-6-4-3-5-7-12-9-13(16)10-14(12)17/h3,5,11-14,16-17H,4,6-10H2,1-2H3/b5-3-. The minimum Gasteiger partial charge on any atom is -0.463 e. The third kappa shape index (κ3) is 6.73. The number of rotatable bonds is 7. The molecule has 2 N–H and O–H groups in total. The molecule has 3 atom stereocenters. The molecule has 0 saturated heterocycles. The number of hydrogen-bond acceptors (Lipinski definition) is 4. The van der Waals surface area contributed by atoms with E-state index in [2.05, 4.69) is 0 Å². The summed E-state index contributed by atoms with van der Waals surface area (Å²) in [5, 5.41) is 19.1. The second kappa shape index (κ2) is 8.33. The van der Waals surface area contributed by atoms with Gasteiger partial charge in [0.15, 0.2) is 0 Å². The van der Waals surface area contributed by atoms with Gasteiger partial charge in [-0.2, -0.15) is 0 Å². The molecule has 0 aromatic carbocycles. The molecule has 1 aliphatic carbocycles.